The van der Waals surface area contributed by atoms with Crippen molar-refractivity contribution in [1.29, 1.82) is 0 Å². The van der Waals surface area contributed by atoms with Gasteiger partial charge in [0.2, 0.25) is 0 Å². The van der Waals surface area contributed by atoms with E-state index in [1.165, 1.54) is 36.3 Å². The molecule has 3 aromatic carbocycles. The Balaban J connectivity index is 1.56. The number of thiazole rings is 1. The monoisotopic (exact) mass is 657 g/mol. The molecule has 3 heterocycles. The van der Waals surface area contributed by atoms with Gasteiger partial charge in [-0.05, 0) is 68.2 Å². The van der Waals surface area contributed by atoms with Gasteiger partial charge in [-0.1, -0.05) is 69.7 Å². The van der Waals surface area contributed by atoms with Crippen molar-refractivity contribution in [2.75, 3.05) is 31.7 Å². The third-order valence-corrected chi connectivity index (χ3v) is 9.25. The first kappa shape index (κ1) is 29.1. The summed E-state index contributed by atoms with van der Waals surface area (Å²) in [7, 11) is 1.58. The number of fused-ring (bicyclic) bond motifs is 1. The highest BCUT2D eigenvalue weighted by Gasteiger charge is 2.36. The second-order valence-corrected chi connectivity index (χ2v) is 12.4. The van der Waals surface area contributed by atoms with Crippen LogP contribution in [0.25, 0.3) is 11.8 Å². The van der Waals surface area contributed by atoms with Crippen LogP contribution in [0.2, 0.25) is 0 Å². The van der Waals surface area contributed by atoms with Gasteiger partial charge in [-0.25, -0.2) is 9.79 Å². The van der Waals surface area contributed by atoms with Gasteiger partial charge in [0, 0.05) is 34.4 Å². The van der Waals surface area contributed by atoms with Crippen LogP contribution in [0.15, 0.2) is 92.6 Å². The van der Waals surface area contributed by atoms with Gasteiger partial charge in [-0.3, -0.25) is 9.36 Å². The van der Waals surface area contributed by atoms with E-state index in [4.69, 9.17) is 14.5 Å². The predicted molar refractivity (Wildman–Crippen MR) is 174 cm³/mol. The number of piperidine rings is 1. The van der Waals surface area contributed by atoms with Crippen molar-refractivity contribution in [2.45, 2.75) is 32.2 Å². The number of hydrogen-bond donors (Lipinski definition) is 0. The van der Waals surface area contributed by atoms with Crippen LogP contribution in [-0.2, 0) is 9.53 Å². The SMILES string of the molecule is CCOC(=O)C1=C(c2ccccc2)N=c2s/c(=C\c3ccc(N4CCCCC4)cc3)c(=O)n2[C@@H]1c1cc(Br)ccc1OC. The number of carbonyl (C=O) groups excluding carboxylic acids is 1. The third kappa shape index (κ3) is 5.84. The maximum absolute atomic E-state index is 14.2. The van der Waals surface area contributed by atoms with E-state index in [1.807, 2.05) is 54.6 Å². The Morgan fingerprint density at radius 2 is 1.79 bits per heavy atom. The summed E-state index contributed by atoms with van der Waals surface area (Å²) in [5.74, 6) is 0.0203. The molecule has 1 aromatic heterocycles. The molecule has 0 amide bonds. The topological polar surface area (TPSA) is 73.1 Å². The summed E-state index contributed by atoms with van der Waals surface area (Å²) in [6, 6.07) is 22.6. The average molecular weight is 659 g/mol. The summed E-state index contributed by atoms with van der Waals surface area (Å²) < 4.78 is 14.2. The van der Waals surface area contributed by atoms with Crippen molar-refractivity contribution in [2.24, 2.45) is 4.99 Å². The van der Waals surface area contributed by atoms with E-state index in [1.54, 1.807) is 18.6 Å². The molecule has 1 saturated heterocycles. The molecule has 0 bridgehead atoms. The summed E-state index contributed by atoms with van der Waals surface area (Å²) in [5, 5.41) is 0. The van der Waals surface area contributed by atoms with E-state index in [0.29, 0.717) is 26.3 Å². The van der Waals surface area contributed by atoms with Crippen LogP contribution >= 0.6 is 27.3 Å². The van der Waals surface area contributed by atoms with Gasteiger partial charge in [0.05, 0.1) is 29.5 Å². The van der Waals surface area contributed by atoms with Crippen molar-refractivity contribution in [1.82, 2.24) is 4.57 Å². The fourth-order valence-electron chi connectivity index (χ4n) is 5.74. The molecule has 220 valence electrons. The highest BCUT2D eigenvalue weighted by atomic mass is 79.9. The molecular formula is C34H32BrN3O4S. The molecule has 0 N–H and O–H groups in total. The molecule has 0 unspecified atom stereocenters. The number of nitrogens with zero attached hydrogens (tertiary/aromatic N) is 3. The first-order chi connectivity index (χ1) is 21.0. The summed E-state index contributed by atoms with van der Waals surface area (Å²) in [6.07, 6.45) is 5.61. The molecule has 6 rings (SSSR count). The van der Waals surface area contributed by atoms with Crippen molar-refractivity contribution >= 4 is 50.7 Å². The Bertz CT molecular complexity index is 1860. The molecule has 1 fully saturated rings. The Morgan fingerprint density at radius 3 is 2.49 bits per heavy atom. The largest absolute Gasteiger partial charge is 0.496 e. The number of anilines is 1. The zero-order valence-electron chi connectivity index (χ0n) is 24.1. The lowest BCUT2D eigenvalue weighted by Crippen LogP contribution is -2.40. The van der Waals surface area contributed by atoms with Crippen LogP contribution in [0, 0.1) is 0 Å². The van der Waals surface area contributed by atoms with Gasteiger partial charge < -0.3 is 14.4 Å². The molecule has 0 spiro atoms. The van der Waals surface area contributed by atoms with Crippen LogP contribution in [-0.4, -0.2) is 37.3 Å². The van der Waals surface area contributed by atoms with E-state index in [-0.39, 0.29) is 17.7 Å². The molecule has 0 radical (unpaired) electrons. The van der Waals surface area contributed by atoms with Crippen molar-refractivity contribution in [3.05, 3.63) is 119 Å². The minimum Gasteiger partial charge on any atom is -0.496 e. The summed E-state index contributed by atoms with van der Waals surface area (Å²) >= 11 is 4.89. The molecule has 4 aromatic rings. The minimum absolute atomic E-state index is 0.185. The maximum Gasteiger partial charge on any atom is 0.338 e. The molecule has 2 aliphatic rings. The lowest BCUT2D eigenvalue weighted by molar-refractivity contribution is -0.138. The predicted octanol–water partition coefficient (Wildman–Crippen LogP) is 5.70. The molecule has 0 aliphatic carbocycles. The first-order valence-electron chi connectivity index (χ1n) is 14.5. The van der Waals surface area contributed by atoms with E-state index in [0.717, 1.165) is 28.7 Å². The third-order valence-electron chi connectivity index (χ3n) is 7.77. The number of carbonyl (C=O) groups is 1. The summed E-state index contributed by atoms with van der Waals surface area (Å²) in [4.78, 5) is 35.8. The standard InChI is InChI=1S/C34H32BrN3O4S/c1-3-42-33(40)29-30(23-10-6-4-7-11-23)36-34-38(31(29)26-21-24(35)14-17-27(26)41-2)32(39)28(43-34)20-22-12-15-25(16-13-22)37-18-8-5-9-19-37/h4,6-7,10-17,20-21,31H,3,5,8-9,18-19H2,1-2H3/b28-20-/t31-/m1/s1. The molecule has 43 heavy (non-hydrogen) atoms. The van der Waals surface area contributed by atoms with Crippen LogP contribution in [0.5, 0.6) is 5.75 Å². The van der Waals surface area contributed by atoms with E-state index in [9.17, 15) is 9.59 Å². The molecule has 2 aliphatic heterocycles. The van der Waals surface area contributed by atoms with Gasteiger partial charge in [0.25, 0.3) is 5.56 Å². The second kappa shape index (κ2) is 12.7. The zero-order chi connectivity index (χ0) is 29.9. The lowest BCUT2D eigenvalue weighted by atomic mass is 9.92. The van der Waals surface area contributed by atoms with Crippen LogP contribution < -0.4 is 24.5 Å². The van der Waals surface area contributed by atoms with E-state index >= 15 is 0 Å². The van der Waals surface area contributed by atoms with Crippen LogP contribution in [0.4, 0.5) is 5.69 Å². The maximum atomic E-state index is 14.2. The highest BCUT2D eigenvalue weighted by Crippen LogP contribution is 2.39. The molecule has 1 atom stereocenters. The lowest BCUT2D eigenvalue weighted by Gasteiger charge is -2.28. The van der Waals surface area contributed by atoms with Gasteiger partial charge in [-0.2, -0.15) is 0 Å². The Labute approximate surface area is 262 Å². The molecule has 0 saturated carbocycles. The Kier molecular flexibility index (Phi) is 8.63. The van der Waals surface area contributed by atoms with Gasteiger partial charge in [-0.15, -0.1) is 0 Å². The highest BCUT2D eigenvalue weighted by molar-refractivity contribution is 9.10. The first-order valence-corrected chi connectivity index (χ1v) is 16.1. The van der Waals surface area contributed by atoms with Gasteiger partial charge >= 0.3 is 5.97 Å². The van der Waals surface area contributed by atoms with Crippen molar-refractivity contribution in [3.8, 4) is 5.75 Å². The number of halogens is 1. The fraction of sp³-hybridized carbons (Fsp3) is 0.265. The number of ether oxygens (including phenoxy) is 2. The van der Waals surface area contributed by atoms with E-state index in [2.05, 4.69) is 45.1 Å². The smallest absolute Gasteiger partial charge is 0.338 e. The fourth-order valence-corrected chi connectivity index (χ4v) is 7.12. The number of rotatable bonds is 7. The quantitative estimate of drug-likeness (QED) is 0.239. The number of methoxy groups -OCH3 is 1. The number of esters is 1. The zero-order valence-corrected chi connectivity index (χ0v) is 26.5. The molecule has 9 heteroatoms. The Morgan fingerprint density at radius 1 is 1.05 bits per heavy atom. The Hall–Kier alpha value is -3.95. The van der Waals surface area contributed by atoms with Crippen molar-refractivity contribution in [3.63, 3.8) is 0 Å². The van der Waals surface area contributed by atoms with Crippen LogP contribution in [0.1, 0.15) is 48.9 Å². The number of benzene rings is 3. The van der Waals surface area contributed by atoms with Crippen LogP contribution in [0.3, 0.4) is 0 Å². The van der Waals surface area contributed by atoms with Gasteiger partial charge in [0.15, 0.2) is 4.80 Å². The number of aromatic nitrogens is 1. The number of hydrogen-bond acceptors (Lipinski definition) is 7. The molecular weight excluding hydrogens is 626 g/mol. The van der Waals surface area contributed by atoms with Crippen molar-refractivity contribution < 1.29 is 14.3 Å². The van der Waals surface area contributed by atoms with E-state index < -0.39 is 12.0 Å². The average Bonchev–Trinajstić information content (AvgIpc) is 3.35. The van der Waals surface area contributed by atoms with Gasteiger partial charge in [0.1, 0.15) is 11.8 Å². The minimum atomic E-state index is -0.818. The summed E-state index contributed by atoms with van der Waals surface area (Å²) in [5.41, 5.74) is 4.07. The molecule has 7 nitrogen and oxygen atoms in total. The summed E-state index contributed by atoms with van der Waals surface area (Å²) in [6.45, 7) is 4.10. The second-order valence-electron chi connectivity index (χ2n) is 10.5. The normalized spacial score (nSPS) is 17.0.